The van der Waals surface area contributed by atoms with Gasteiger partial charge in [0.2, 0.25) is 0 Å². The van der Waals surface area contributed by atoms with E-state index in [-0.39, 0.29) is 10.8 Å². The van der Waals surface area contributed by atoms with Crippen molar-refractivity contribution in [3.63, 3.8) is 0 Å². The first-order chi connectivity index (χ1) is 9.15. The van der Waals surface area contributed by atoms with Crippen LogP contribution in [0, 0.1) is 23.6 Å². The fraction of sp³-hybridized carbons (Fsp3) is 0.625. The maximum absolute atomic E-state index is 14.0. The molecule has 0 spiro atoms. The third kappa shape index (κ3) is 3.49. The molecule has 0 heterocycles. The van der Waals surface area contributed by atoms with Crippen LogP contribution in [-0.4, -0.2) is 6.54 Å². The van der Waals surface area contributed by atoms with E-state index in [2.05, 4.69) is 6.92 Å². The summed E-state index contributed by atoms with van der Waals surface area (Å²) in [6, 6.07) is 5.29. The van der Waals surface area contributed by atoms with E-state index in [4.69, 9.17) is 17.3 Å². The van der Waals surface area contributed by atoms with E-state index in [1.54, 1.807) is 6.07 Å². The minimum absolute atomic E-state index is 0.227. The van der Waals surface area contributed by atoms with Crippen LogP contribution in [0.15, 0.2) is 18.2 Å². The molecule has 19 heavy (non-hydrogen) atoms. The molecule has 1 fully saturated rings. The van der Waals surface area contributed by atoms with Crippen LogP contribution in [0.2, 0.25) is 5.02 Å². The van der Waals surface area contributed by atoms with Crippen LogP contribution in [-0.2, 0) is 6.42 Å². The molecule has 0 saturated heterocycles. The molecule has 0 bridgehead atoms. The largest absolute Gasteiger partial charge is 0.330 e. The van der Waals surface area contributed by atoms with Crippen molar-refractivity contribution >= 4 is 11.6 Å². The standard InChI is InChI=1S/C16H23ClFN/c1-2-11-6-7-13(10-19)14(8-11)9-12-4-3-5-15(17)16(12)18/h3-5,11,13-14H,2,6-10,19H2,1H3. The Morgan fingerprint density at radius 2 is 2.11 bits per heavy atom. The highest BCUT2D eigenvalue weighted by molar-refractivity contribution is 6.30. The van der Waals surface area contributed by atoms with Crippen LogP contribution < -0.4 is 5.73 Å². The van der Waals surface area contributed by atoms with Crippen LogP contribution in [0.3, 0.4) is 0 Å². The zero-order chi connectivity index (χ0) is 13.8. The Kier molecular flexibility index (Phi) is 5.23. The summed E-state index contributed by atoms with van der Waals surface area (Å²) in [6.07, 6.45) is 5.61. The van der Waals surface area contributed by atoms with Gasteiger partial charge in [-0.15, -0.1) is 0 Å². The van der Waals surface area contributed by atoms with E-state index in [1.165, 1.54) is 25.7 Å². The first-order valence-corrected chi connectivity index (χ1v) is 7.66. The minimum atomic E-state index is -0.251. The molecule has 1 aliphatic rings. The summed E-state index contributed by atoms with van der Waals surface area (Å²) in [6.45, 7) is 2.95. The zero-order valence-electron chi connectivity index (χ0n) is 11.5. The number of rotatable bonds is 4. The Hall–Kier alpha value is -0.600. The van der Waals surface area contributed by atoms with Gasteiger partial charge >= 0.3 is 0 Å². The third-order valence-electron chi connectivity index (χ3n) is 4.64. The molecule has 1 aromatic carbocycles. The molecule has 1 aromatic rings. The molecule has 0 aromatic heterocycles. The molecule has 0 aliphatic heterocycles. The summed E-state index contributed by atoms with van der Waals surface area (Å²) in [7, 11) is 0. The van der Waals surface area contributed by atoms with Gasteiger partial charge < -0.3 is 5.73 Å². The SMILES string of the molecule is CCC1CCC(CN)C(Cc2cccc(Cl)c2F)C1. The molecule has 1 nitrogen and oxygen atoms in total. The lowest BCUT2D eigenvalue weighted by molar-refractivity contribution is 0.179. The Morgan fingerprint density at radius 1 is 1.32 bits per heavy atom. The first-order valence-electron chi connectivity index (χ1n) is 7.28. The summed E-state index contributed by atoms with van der Waals surface area (Å²) in [5.41, 5.74) is 6.63. The molecule has 3 unspecified atom stereocenters. The zero-order valence-corrected chi connectivity index (χ0v) is 12.3. The van der Waals surface area contributed by atoms with Crippen LogP contribution in [0.4, 0.5) is 4.39 Å². The fourth-order valence-electron chi connectivity index (χ4n) is 3.34. The van der Waals surface area contributed by atoms with Gasteiger partial charge in [0.25, 0.3) is 0 Å². The van der Waals surface area contributed by atoms with E-state index in [0.29, 0.717) is 18.4 Å². The predicted molar refractivity (Wildman–Crippen MR) is 78.8 cm³/mol. The Labute approximate surface area is 120 Å². The topological polar surface area (TPSA) is 26.0 Å². The fourth-order valence-corrected chi connectivity index (χ4v) is 3.54. The van der Waals surface area contributed by atoms with Gasteiger partial charge in [0.15, 0.2) is 0 Å². The molecule has 2 N–H and O–H groups in total. The van der Waals surface area contributed by atoms with Crippen LogP contribution in [0.1, 0.15) is 38.2 Å². The van der Waals surface area contributed by atoms with Gasteiger partial charge in [-0.3, -0.25) is 0 Å². The van der Waals surface area contributed by atoms with Gasteiger partial charge in [-0.1, -0.05) is 43.5 Å². The lowest BCUT2D eigenvalue weighted by Gasteiger charge is -2.35. The van der Waals surface area contributed by atoms with Crippen LogP contribution >= 0.6 is 11.6 Å². The van der Waals surface area contributed by atoms with Crippen LogP contribution in [0.5, 0.6) is 0 Å². The number of halogens is 2. The van der Waals surface area contributed by atoms with Crippen molar-refractivity contribution in [2.75, 3.05) is 6.54 Å². The smallest absolute Gasteiger partial charge is 0.144 e. The summed E-state index contributed by atoms with van der Waals surface area (Å²) in [5, 5.41) is 0.227. The molecule has 0 amide bonds. The minimum Gasteiger partial charge on any atom is -0.330 e. The highest BCUT2D eigenvalue weighted by Crippen LogP contribution is 2.37. The van der Waals surface area contributed by atoms with Crippen molar-refractivity contribution in [1.82, 2.24) is 0 Å². The molecule has 0 radical (unpaired) electrons. The highest BCUT2D eigenvalue weighted by atomic mass is 35.5. The van der Waals surface area contributed by atoms with Crippen molar-refractivity contribution in [2.24, 2.45) is 23.5 Å². The highest BCUT2D eigenvalue weighted by Gasteiger charge is 2.29. The predicted octanol–water partition coefficient (Wildman–Crippen LogP) is 4.42. The summed E-state index contributed by atoms with van der Waals surface area (Å²) >= 11 is 5.86. The number of benzene rings is 1. The first kappa shape index (κ1) is 14.8. The average Bonchev–Trinajstić information content (AvgIpc) is 2.43. The molecular weight excluding hydrogens is 261 g/mol. The summed E-state index contributed by atoms with van der Waals surface area (Å²) in [4.78, 5) is 0. The van der Waals surface area contributed by atoms with E-state index in [0.717, 1.165) is 17.9 Å². The number of hydrogen-bond donors (Lipinski definition) is 1. The van der Waals surface area contributed by atoms with Gasteiger partial charge in [-0.2, -0.15) is 0 Å². The average molecular weight is 284 g/mol. The van der Waals surface area contributed by atoms with Crippen molar-refractivity contribution in [2.45, 2.75) is 39.0 Å². The normalized spacial score (nSPS) is 27.5. The van der Waals surface area contributed by atoms with Crippen molar-refractivity contribution in [3.8, 4) is 0 Å². The number of hydrogen-bond acceptors (Lipinski definition) is 1. The maximum Gasteiger partial charge on any atom is 0.144 e. The molecule has 3 heteroatoms. The number of nitrogens with two attached hydrogens (primary N) is 1. The van der Waals surface area contributed by atoms with E-state index >= 15 is 0 Å². The second kappa shape index (κ2) is 6.71. The molecule has 3 atom stereocenters. The van der Waals surface area contributed by atoms with E-state index in [1.807, 2.05) is 12.1 Å². The molecule has 106 valence electrons. The molecular formula is C16H23ClFN. The van der Waals surface area contributed by atoms with Gasteiger partial charge in [-0.05, 0) is 55.2 Å². The summed E-state index contributed by atoms with van der Waals surface area (Å²) in [5.74, 6) is 1.55. The molecule has 1 aliphatic carbocycles. The van der Waals surface area contributed by atoms with E-state index in [9.17, 15) is 4.39 Å². The van der Waals surface area contributed by atoms with Crippen molar-refractivity contribution < 1.29 is 4.39 Å². The van der Waals surface area contributed by atoms with Gasteiger partial charge in [0.1, 0.15) is 5.82 Å². The summed E-state index contributed by atoms with van der Waals surface area (Å²) < 4.78 is 14.0. The lowest BCUT2D eigenvalue weighted by atomic mass is 9.71. The third-order valence-corrected chi connectivity index (χ3v) is 4.93. The van der Waals surface area contributed by atoms with Crippen LogP contribution in [0.25, 0.3) is 0 Å². The molecule has 1 saturated carbocycles. The second-order valence-electron chi connectivity index (χ2n) is 5.76. The van der Waals surface area contributed by atoms with E-state index < -0.39 is 0 Å². The monoisotopic (exact) mass is 283 g/mol. The second-order valence-corrected chi connectivity index (χ2v) is 6.17. The molecule has 2 rings (SSSR count). The van der Waals surface area contributed by atoms with Gasteiger partial charge in [0.05, 0.1) is 5.02 Å². The Morgan fingerprint density at radius 3 is 2.79 bits per heavy atom. The maximum atomic E-state index is 14.0. The Balaban J connectivity index is 2.12. The Bertz CT molecular complexity index is 421. The lowest BCUT2D eigenvalue weighted by Crippen LogP contribution is -2.31. The van der Waals surface area contributed by atoms with Gasteiger partial charge in [0, 0.05) is 0 Å². The van der Waals surface area contributed by atoms with Gasteiger partial charge in [-0.25, -0.2) is 4.39 Å². The van der Waals surface area contributed by atoms with Crippen molar-refractivity contribution in [3.05, 3.63) is 34.6 Å². The van der Waals surface area contributed by atoms with Crippen molar-refractivity contribution in [1.29, 1.82) is 0 Å². The quantitative estimate of drug-likeness (QED) is 0.869.